The van der Waals surface area contributed by atoms with Gasteiger partial charge in [0, 0.05) is 0 Å². The topological polar surface area (TPSA) is 0 Å². The van der Waals surface area contributed by atoms with Crippen LogP contribution in [-0.2, 0) is 0 Å². The van der Waals surface area contributed by atoms with Crippen LogP contribution < -0.4 is 0 Å². The molecule has 1 aliphatic rings. The van der Waals surface area contributed by atoms with Gasteiger partial charge in [0.25, 0.3) is 0 Å². The molecule has 0 fully saturated rings. The normalized spacial score (nSPS) is 31.2. The van der Waals surface area contributed by atoms with Crippen molar-refractivity contribution in [3.05, 3.63) is 35.5 Å². The van der Waals surface area contributed by atoms with E-state index in [-0.39, 0.29) is 0 Å². The van der Waals surface area contributed by atoms with Crippen molar-refractivity contribution < 1.29 is 0 Å². The van der Waals surface area contributed by atoms with Gasteiger partial charge in [0.2, 0.25) is 0 Å². The zero-order chi connectivity index (χ0) is 8.81. The van der Waals surface area contributed by atoms with Gasteiger partial charge in [-0.05, 0) is 39.5 Å². The van der Waals surface area contributed by atoms with Crippen LogP contribution in [0.15, 0.2) is 35.5 Å². The van der Waals surface area contributed by atoms with Crippen LogP contribution in [0.3, 0.4) is 0 Å². The molecular formula is C12H18. The third-order valence-electron chi connectivity index (χ3n) is 2.44. The van der Waals surface area contributed by atoms with Gasteiger partial charge >= 0.3 is 0 Å². The molecule has 0 aliphatic heterocycles. The molecule has 0 saturated carbocycles. The van der Waals surface area contributed by atoms with Crippen LogP contribution in [0.5, 0.6) is 0 Å². The Morgan fingerprint density at radius 3 is 2.75 bits per heavy atom. The molecule has 0 heterocycles. The molecule has 0 aromatic carbocycles. The van der Waals surface area contributed by atoms with Crippen molar-refractivity contribution in [1.82, 2.24) is 0 Å². The van der Waals surface area contributed by atoms with E-state index in [1.54, 1.807) is 5.57 Å². The summed E-state index contributed by atoms with van der Waals surface area (Å²) in [4.78, 5) is 0. The predicted molar refractivity (Wildman–Crippen MR) is 55.1 cm³/mol. The maximum Gasteiger partial charge on any atom is -0.0317 e. The van der Waals surface area contributed by atoms with E-state index in [9.17, 15) is 0 Å². The predicted octanol–water partition coefficient (Wildman–Crippen LogP) is 4.01. The molecule has 0 heteroatoms. The van der Waals surface area contributed by atoms with Gasteiger partial charge in [-0.2, -0.15) is 0 Å². The van der Waals surface area contributed by atoms with E-state index in [4.69, 9.17) is 0 Å². The number of rotatable bonds is 0. The lowest BCUT2D eigenvalue weighted by Crippen LogP contribution is -1.84. The minimum absolute atomic E-state index is 1.23. The zero-order valence-corrected chi connectivity index (χ0v) is 8.14. The SMILES string of the molecule is CC1=C(\C)CCCC\C=C/C=C\1. The average molecular weight is 162 g/mol. The Hall–Kier alpha value is -0.780. The zero-order valence-electron chi connectivity index (χ0n) is 8.14. The van der Waals surface area contributed by atoms with Crippen molar-refractivity contribution in [3.8, 4) is 0 Å². The van der Waals surface area contributed by atoms with Gasteiger partial charge in [0.1, 0.15) is 0 Å². The fraction of sp³-hybridized carbons (Fsp3) is 0.500. The highest BCUT2D eigenvalue weighted by Crippen LogP contribution is 2.15. The van der Waals surface area contributed by atoms with Crippen molar-refractivity contribution in [1.29, 1.82) is 0 Å². The lowest BCUT2D eigenvalue weighted by atomic mass is 10.0. The monoisotopic (exact) mass is 162 g/mol. The van der Waals surface area contributed by atoms with E-state index < -0.39 is 0 Å². The van der Waals surface area contributed by atoms with Crippen LogP contribution in [0, 0.1) is 0 Å². The van der Waals surface area contributed by atoms with Crippen LogP contribution >= 0.6 is 0 Å². The Balaban J connectivity index is 2.69. The molecule has 0 aromatic rings. The van der Waals surface area contributed by atoms with Crippen LogP contribution in [0.1, 0.15) is 39.5 Å². The van der Waals surface area contributed by atoms with Gasteiger partial charge in [-0.3, -0.25) is 0 Å². The second kappa shape index (κ2) is 4.97. The van der Waals surface area contributed by atoms with Gasteiger partial charge in [0.05, 0.1) is 0 Å². The quantitative estimate of drug-likeness (QED) is 0.505. The Labute approximate surface area is 75.7 Å². The number of allylic oxidation sites excluding steroid dienone is 6. The van der Waals surface area contributed by atoms with Gasteiger partial charge in [-0.25, -0.2) is 0 Å². The lowest BCUT2D eigenvalue weighted by molar-refractivity contribution is 0.738. The molecule has 0 radical (unpaired) electrons. The highest BCUT2D eigenvalue weighted by Gasteiger charge is 1.94. The molecule has 0 N–H and O–H groups in total. The van der Waals surface area contributed by atoms with Crippen LogP contribution in [0.2, 0.25) is 0 Å². The second-order valence-electron chi connectivity index (χ2n) is 3.50. The summed E-state index contributed by atoms with van der Waals surface area (Å²) in [6, 6.07) is 0. The van der Waals surface area contributed by atoms with Gasteiger partial charge in [-0.1, -0.05) is 35.5 Å². The molecule has 0 aromatic heterocycles. The van der Waals surface area contributed by atoms with Crippen LogP contribution in [0.4, 0.5) is 0 Å². The summed E-state index contributed by atoms with van der Waals surface area (Å²) in [5.74, 6) is 0. The summed E-state index contributed by atoms with van der Waals surface area (Å²) >= 11 is 0. The van der Waals surface area contributed by atoms with E-state index in [0.29, 0.717) is 0 Å². The number of hydrogen-bond acceptors (Lipinski definition) is 0. The lowest BCUT2D eigenvalue weighted by Gasteiger charge is -2.04. The van der Waals surface area contributed by atoms with Gasteiger partial charge < -0.3 is 0 Å². The highest BCUT2D eigenvalue weighted by atomic mass is 14.0. The minimum Gasteiger partial charge on any atom is -0.0845 e. The molecule has 0 saturated heterocycles. The molecule has 1 rings (SSSR count). The summed E-state index contributed by atoms with van der Waals surface area (Å²) in [5, 5.41) is 0. The second-order valence-corrected chi connectivity index (χ2v) is 3.50. The van der Waals surface area contributed by atoms with Crippen molar-refractivity contribution in [2.45, 2.75) is 39.5 Å². The van der Waals surface area contributed by atoms with E-state index in [1.807, 2.05) is 0 Å². The Morgan fingerprint density at radius 1 is 1.08 bits per heavy atom. The highest BCUT2D eigenvalue weighted by molar-refractivity contribution is 5.25. The molecule has 0 bridgehead atoms. The van der Waals surface area contributed by atoms with Gasteiger partial charge in [-0.15, -0.1) is 0 Å². The molecule has 12 heavy (non-hydrogen) atoms. The molecule has 66 valence electrons. The number of hydrogen-bond donors (Lipinski definition) is 0. The van der Waals surface area contributed by atoms with E-state index >= 15 is 0 Å². The molecule has 0 nitrogen and oxygen atoms in total. The van der Waals surface area contributed by atoms with E-state index in [2.05, 4.69) is 38.2 Å². The molecule has 0 spiro atoms. The first-order valence-electron chi connectivity index (χ1n) is 4.80. The molecule has 0 amide bonds. The largest absolute Gasteiger partial charge is 0.0845 e. The fourth-order valence-corrected chi connectivity index (χ4v) is 1.37. The Kier molecular flexibility index (Phi) is 3.86. The molecule has 0 atom stereocenters. The minimum atomic E-state index is 1.23. The van der Waals surface area contributed by atoms with Crippen LogP contribution in [0.25, 0.3) is 0 Å². The average Bonchev–Trinajstić information content (AvgIpc) is 2.08. The van der Waals surface area contributed by atoms with Crippen molar-refractivity contribution >= 4 is 0 Å². The van der Waals surface area contributed by atoms with Crippen molar-refractivity contribution in [2.24, 2.45) is 0 Å². The molecule has 0 unspecified atom stereocenters. The van der Waals surface area contributed by atoms with E-state index in [1.165, 1.54) is 31.3 Å². The Bertz CT molecular complexity index is 216. The first-order valence-corrected chi connectivity index (χ1v) is 4.80. The summed E-state index contributed by atoms with van der Waals surface area (Å²) in [7, 11) is 0. The van der Waals surface area contributed by atoms with Gasteiger partial charge in [0.15, 0.2) is 0 Å². The maximum atomic E-state index is 2.25. The summed E-state index contributed by atoms with van der Waals surface area (Å²) in [6.45, 7) is 4.44. The summed E-state index contributed by atoms with van der Waals surface area (Å²) in [6.07, 6.45) is 13.9. The first-order chi connectivity index (χ1) is 5.80. The third kappa shape index (κ3) is 3.08. The first kappa shape index (κ1) is 9.31. The standard InChI is InChI=1S/C12H18/c1-11-9-7-5-3-4-6-8-10-12(11)2/h3,5,7,9H,4,6,8,10H2,1-2H3/b5-3-,9-7-,12-11-. The molecule has 1 aliphatic carbocycles. The summed E-state index contributed by atoms with van der Waals surface area (Å²) in [5.41, 5.74) is 2.98. The van der Waals surface area contributed by atoms with E-state index in [0.717, 1.165) is 0 Å². The Morgan fingerprint density at radius 2 is 1.92 bits per heavy atom. The fourth-order valence-electron chi connectivity index (χ4n) is 1.37. The maximum absolute atomic E-state index is 2.25. The van der Waals surface area contributed by atoms with Crippen LogP contribution in [-0.4, -0.2) is 0 Å². The smallest absolute Gasteiger partial charge is 0.0317 e. The summed E-state index contributed by atoms with van der Waals surface area (Å²) < 4.78 is 0. The van der Waals surface area contributed by atoms with Crippen molar-refractivity contribution in [2.75, 3.05) is 0 Å². The third-order valence-corrected chi connectivity index (χ3v) is 2.44. The molecular weight excluding hydrogens is 144 g/mol. The van der Waals surface area contributed by atoms with Crippen molar-refractivity contribution in [3.63, 3.8) is 0 Å².